The van der Waals surface area contributed by atoms with Crippen LogP contribution in [0.4, 0.5) is 5.82 Å². The third kappa shape index (κ3) is 5.09. The Morgan fingerprint density at radius 1 is 0.771 bits per heavy atom. The molecule has 35 heavy (non-hydrogen) atoms. The summed E-state index contributed by atoms with van der Waals surface area (Å²) in [6.07, 6.45) is 0. The van der Waals surface area contributed by atoms with E-state index < -0.39 is 0 Å². The molecule has 0 fully saturated rings. The lowest BCUT2D eigenvalue weighted by molar-refractivity contribution is 0.306. The maximum absolute atomic E-state index is 11.3. The second kappa shape index (κ2) is 9.85. The van der Waals surface area contributed by atoms with Gasteiger partial charge < -0.3 is 15.2 Å². The van der Waals surface area contributed by atoms with Crippen molar-refractivity contribution in [2.45, 2.75) is 26.5 Å². The van der Waals surface area contributed by atoms with Crippen molar-refractivity contribution >= 4 is 16.7 Å². The SMILES string of the molecule is Cc1cccc(NC(c2ccc(OCc3ccccc3)cc2)c2ccc3ccc(C)nc3c2O)n1. The Kier molecular flexibility index (Phi) is 6.31. The molecule has 5 rings (SSSR count). The van der Waals surface area contributed by atoms with Gasteiger partial charge in [-0.05, 0) is 55.3 Å². The average Bonchev–Trinajstić information content (AvgIpc) is 2.88. The topological polar surface area (TPSA) is 67.3 Å². The lowest BCUT2D eigenvalue weighted by Crippen LogP contribution is -2.14. The molecule has 1 atom stereocenters. The van der Waals surface area contributed by atoms with Crippen molar-refractivity contribution < 1.29 is 9.84 Å². The molecule has 0 aliphatic rings. The Morgan fingerprint density at radius 3 is 2.29 bits per heavy atom. The third-order valence-electron chi connectivity index (χ3n) is 5.96. The Balaban J connectivity index is 1.49. The molecule has 0 aliphatic carbocycles. The molecule has 3 aromatic carbocycles. The Bertz CT molecular complexity index is 1450. The quantitative estimate of drug-likeness (QED) is 0.281. The molecule has 174 valence electrons. The Morgan fingerprint density at radius 2 is 1.51 bits per heavy atom. The van der Waals surface area contributed by atoms with E-state index in [1.165, 1.54) is 0 Å². The second-order valence-electron chi connectivity index (χ2n) is 8.61. The highest BCUT2D eigenvalue weighted by atomic mass is 16.5. The van der Waals surface area contributed by atoms with Crippen molar-refractivity contribution in [1.29, 1.82) is 0 Å². The summed E-state index contributed by atoms with van der Waals surface area (Å²) >= 11 is 0. The van der Waals surface area contributed by atoms with E-state index in [9.17, 15) is 5.11 Å². The van der Waals surface area contributed by atoms with Crippen LogP contribution in [0, 0.1) is 13.8 Å². The van der Waals surface area contributed by atoms with Crippen LogP contribution in [0.2, 0.25) is 0 Å². The van der Waals surface area contributed by atoms with Crippen molar-refractivity contribution in [2.75, 3.05) is 5.32 Å². The zero-order valence-corrected chi connectivity index (χ0v) is 19.8. The molecular formula is C30H27N3O2. The molecule has 5 aromatic rings. The van der Waals surface area contributed by atoms with Crippen LogP contribution in [0.25, 0.3) is 10.9 Å². The summed E-state index contributed by atoms with van der Waals surface area (Å²) in [5.74, 6) is 1.68. The van der Waals surface area contributed by atoms with Crippen molar-refractivity contribution in [1.82, 2.24) is 9.97 Å². The molecular weight excluding hydrogens is 434 g/mol. The van der Waals surface area contributed by atoms with Crippen LogP contribution in [0.5, 0.6) is 11.5 Å². The first-order valence-electron chi connectivity index (χ1n) is 11.6. The Hall–Kier alpha value is -4.38. The van der Waals surface area contributed by atoms with E-state index in [1.807, 2.05) is 111 Å². The number of aryl methyl sites for hydroxylation is 2. The molecule has 0 saturated carbocycles. The predicted molar refractivity (Wildman–Crippen MR) is 140 cm³/mol. The van der Waals surface area contributed by atoms with Gasteiger partial charge in [0.2, 0.25) is 0 Å². The highest BCUT2D eigenvalue weighted by molar-refractivity contribution is 5.86. The number of phenols is 1. The van der Waals surface area contributed by atoms with Gasteiger partial charge in [-0.15, -0.1) is 0 Å². The molecule has 0 aliphatic heterocycles. The standard InChI is InChI=1S/C30H27N3O2/c1-20-7-6-10-27(31-20)33-28(26-18-15-24-12-11-21(2)32-29(24)30(26)34)23-13-16-25(17-14-23)35-19-22-8-4-3-5-9-22/h3-18,28,34H,19H2,1-2H3,(H,31,33). The van der Waals surface area contributed by atoms with Crippen LogP contribution in [-0.2, 0) is 6.61 Å². The van der Waals surface area contributed by atoms with Gasteiger partial charge in [-0.3, -0.25) is 0 Å². The first kappa shape index (κ1) is 22.4. The Labute approximate surface area is 205 Å². The minimum Gasteiger partial charge on any atom is -0.505 e. The molecule has 0 radical (unpaired) electrons. The van der Waals surface area contributed by atoms with Gasteiger partial charge in [-0.2, -0.15) is 0 Å². The van der Waals surface area contributed by atoms with Crippen LogP contribution >= 0.6 is 0 Å². The number of ether oxygens (including phenoxy) is 1. The number of nitrogens with one attached hydrogen (secondary N) is 1. The van der Waals surface area contributed by atoms with E-state index in [4.69, 9.17) is 4.74 Å². The molecule has 0 spiro atoms. The predicted octanol–water partition coefficient (Wildman–Crippen LogP) is 6.73. The maximum Gasteiger partial charge on any atom is 0.147 e. The number of benzene rings is 3. The smallest absolute Gasteiger partial charge is 0.147 e. The number of hydrogen-bond acceptors (Lipinski definition) is 5. The van der Waals surface area contributed by atoms with Gasteiger partial charge in [0.25, 0.3) is 0 Å². The van der Waals surface area contributed by atoms with E-state index in [0.29, 0.717) is 12.1 Å². The van der Waals surface area contributed by atoms with Gasteiger partial charge in [0.1, 0.15) is 29.4 Å². The number of fused-ring (bicyclic) bond motifs is 1. The summed E-state index contributed by atoms with van der Waals surface area (Å²) in [6, 6.07) is 31.4. The minimum atomic E-state index is -0.334. The maximum atomic E-state index is 11.3. The molecule has 1 unspecified atom stereocenters. The van der Waals surface area contributed by atoms with E-state index >= 15 is 0 Å². The summed E-state index contributed by atoms with van der Waals surface area (Å²) in [5, 5.41) is 15.7. The summed E-state index contributed by atoms with van der Waals surface area (Å²) in [5.41, 5.74) is 5.19. The highest BCUT2D eigenvalue weighted by Gasteiger charge is 2.21. The van der Waals surface area contributed by atoms with Gasteiger partial charge >= 0.3 is 0 Å². The average molecular weight is 462 g/mol. The fourth-order valence-corrected chi connectivity index (χ4v) is 4.13. The molecule has 2 aromatic heterocycles. The molecule has 0 amide bonds. The molecule has 5 heteroatoms. The van der Waals surface area contributed by atoms with Crippen molar-refractivity contribution in [3.05, 3.63) is 125 Å². The summed E-state index contributed by atoms with van der Waals surface area (Å²) in [7, 11) is 0. The number of aromatic hydroxyl groups is 1. The summed E-state index contributed by atoms with van der Waals surface area (Å²) in [6.45, 7) is 4.39. The number of rotatable bonds is 7. The van der Waals surface area contributed by atoms with Gasteiger partial charge in [0.05, 0.1) is 6.04 Å². The van der Waals surface area contributed by atoms with E-state index in [2.05, 4.69) is 15.3 Å². The van der Waals surface area contributed by atoms with Gasteiger partial charge in [-0.1, -0.05) is 66.7 Å². The van der Waals surface area contributed by atoms with Gasteiger partial charge in [0, 0.05) is 22.3 Å². The van der Waals surface area contributed by atoms with Crippen LogP contribution in [0.1, 0.15) is 34.1 Å². The number of phenolic OH excluding ortho intramolecular Hbond substituents is 1. The first-order valence-corrected chi connectivity index (χ1v) is 11.6. The molecule has 2 N–H and O–H groups in total. The number of hydrogen-bond donors (Lipinski definition) is 2. The normalized spacial score (nSPS) is 11.8. The zero-order valence-electron chi connectivity index (χ0n) is 19.8. The molecule has 5 nitrogen and oxygen atoms in total. The van der Waals surface area contributed by atoms with Crippen LogP contribution < -0.4 is 10.1 Å². The molecule has 0 saturated heterocycles. The lowest BCUT2D eigenvalue weighted by Gasteiger charge is -2.22. The molecule has 2 heterocycles. The minimum absolute atomic E-state index is 0.167. The van der Waals surface area contributed by atoms with E-state index in [-0.39, 0.29) is 11.8 Å². The van der Waals surface area contributed by atoms with Crippen LogP contribution in [0.15, 0.2) is 97.1 Å². The second-order valence-corrected chi connectivity index (χ2v) is 8.61. The lowest BCUT2D eigenvalue weighted by atomic mass is 9.96. The fraction of sp³-hybridized carbons (Fsp3) is 0.133. The third-order valence-corrected chi connectivity index (χ3v) is 5.96. The number of anilines is 1. The number of nitrogens with zero attached hydrogens (tertiary/aromatic N) is 2. The van der Waals surface area contributed by atoms with Gasteiger partial charge in [0.15, 0.2) is 0 Å². The number of pyridine rings is 2. The zero-order chi connectivity index (χ0) is 24.2. The molecule has 0 bridgehead atoms. The van der Waals surface area contributed by atoms with Crippen molar-refractivity contribution in [3.8, 4) is 11.5 Å². The summed E-state index contributed by atoms with van der Waals surface area (Å²) in [4.78, 5) is 9.20. The van der Waals surface area contributed by atoms with Crippen molar-refractivity contribution in [3.63, 3.8) is 0 Å². The monoisotopic (exact) mass is 461 g/mol. The highest BCUT2D eigenvalue weighted by Crippen LogP contribution is 2.37. The first-order chi connectivity index (χ1) is 17.1. The van der Waals surface area contributed by atoms with E-state index in [1.54, 1.807) is 0 Å². The fourth-order valence-electron chi connectivity index (χ4n) is 4.13. The number of aromatic nitrogens is 2. The van der Waals surface area contributed by atoms with E-state index in [0.717, 1.165) is 45.0 Å². The van der Waals surface area contributed by atoms with Crippen LogP contribution in [0.3, 0.4) is 0 Å². The largest absolute Gasteiger partial charge is 0.505 e. The van der Waals surface area contributed by atoms with Crippen molar-refractivity contribution in [2.24, 2.45) is 0 Å². The van der Waals surface area contributed by atoms with Gasteiger partial charge in [-0.25, -0.2) is 9.97 Å². The summed E-state index contributed by atoms with van der Waals surface area (Å²) < 4.78 is 5.97. The van der Waals surface area contributed by atoms with Crippen LogP contribution in [-0.4, -0.2) is 15.1 Å².